The molecule has 0 saturated carbocycles. The molecule has 1 nitrogen and oxygen atoms in total. The van der Waals surface area contributed by atoms with Crippen LogP contribution in [0.5, 0.6) is 0 Å². The highest BCUT2D eigenvalue weighted by Gasteiger charge is 2.02. The average molecular weight is 169 g/mol. The van der Waals surface area contributed by atoms with Crippen molar-refractivity contribution in [3.8, 4) is 0 Å². The van der Waals surface area contributed by atoms with Crippen LogP contribution in [0.1, 0.15) is 36.1 Å². The van der Waals surface area contributed by atoms with E-state index in [0.717, 1.165) is 0 Å². The second-order valence-corrected chi connectivity index (χ2v) is 4.04. The first-order valence-corrected chi connectivity index (χ1v) is 4.90. The molecule has 1 aromatic heterocycles. The Morgan fingerprint density at radius 3 is 2.73 bits per heavy atom. The normalized spacial score (nSPS) is 13.4. The number of aryl methyl sites for hydroxylation is 1. The monoisotopic (exact) mass is 169 g/mol. The molecule has 1 unspecified atom stereocenters. The number of rotatable bonds is 3. The Hall–Kier alpha value is -0.340. The summed E-state index contributed by atoms with van der Waals surface area (Å²) in [5, 5.41) is 0. The number of nitrogens with two attached hydrogens (primary N) is 1. The Bertz CT molecular complexity index is 215. The SMILES string of the molecule is CCCc1ccc(C(C)N)s1. The molecular formula is C9H15NS. The second kappa shape index (κ2) is 3.88. The lowest BCUT2D eigenvalue weighted by molar-refractivity contribution is 0.838. The van der Waals surface area contributed by atoms with Gasteiger partial charge in [-0.2, -0.15) is 0 Å². The summed E-state index contributed by atoms with van der Waals surface area (Å²) in [5.74, 6) is 0. The summed E-state index contributed by atoms with van der Waals surface area (Å²) < 4.78 is 0. The summed E-state index contributed by atoms with van der Waals surface area (Å²) >= 11 is 1.84. The van der Waals surface area contributed by atoms with Crippen molar-refractivity contribution in [2.45, 2.75) is 32.7 Å². The Labute approximate surface area is 72.2 Å². The maximum absolute atomic E-state index is 5.73. The third kappa shape index (κ3) is 2.31. The smallest absolute Gasteiger partial charge is 0.0361 e. The van der Waals surface area contributed by atoms with Gasteiger partial charge in [0.15, 0.2) is 0 Å². The molecule has 62 valence electrons. The van der Waals surface area contributed by atoms with Crippen LogP contribution in [-0.4, -0.2) is 0 Å². The van der Waals surface area contributed by atoms with Crippen molar-refractivity contribution in [3.63, 3.8) is 0 Å². The molecule has 1 aromatic rings. The zero-order valence-corrected chi connectivity index (χ0v) is 7.95. The van der Waals surface area contributed by atoms with Gasteiger partial charge in [-0.15, -0.1) is 11.3 Å². The lowest BCUT2D eigenvalue weighted by Crippen LogP contribution is -2.01. The molecule has 1 rings (SSSR count). The lowest BCUT2D eigenvalue weighted by atomic mass is 10.2. The molecule has 2 heteroatoms. The zero-order chi connectivity index (χ0) is 8.27. The summed E-state index contributed by atoms with van der Waals surface area (Å²) in [6.45, 7) is 4.23. The van der Waals surface area contributed by atoms with E-state index in [1.54, 1.807) is 0 Å². The van der Waals surface area contributed by atoms with Crippen LogP contribution in [0.4, 0.5) is 0 Å². The quantitative estimate of drug-likeness (QED) is 0.739. The van der Waals surface area contributed by atoms with Gasteiger partial charge in [0.25, 0.3) is 0 Å². The standard InChI is InChI=1S/C9H15NS/c1-3-4-8-5-6-9(11-8)7(2)10/h5-7H,3-4,10H2,1-2H3. The molecule has 0 fully saturated rings. The van der Waals surface area contributed by atoms with E-state index in [2.05, 4.69) is 19.1 Å². The molecule has 1 heterocycles. The second-order valence-electron chi connectivity index (χ2n) is 2.84. The Morgan fingerprint density at radius 1 is 1.55 bits per heavy atom. The van der Waals surface area contributed by atoms with Gasteiger partial charge in [-0.25, -0.2) is 0 Å². The number of hydrogen-bond acceptors (Lipinski definition) is 2. The molecule has 0 spiro atoms. The summed E-state index contributed by atoms with van der Waals surface area (Å²) in [5.41, 5.74) is 5.73. The van der Waals surface area contributed by atoms with Crippen LogP contribution >= 0.6 is 11.3 Å². The number of hydrogen-bond donors (Lipinski definition) is 1. The zero-order valence-electron chi connectivity index (χ0n) is 7.13. The van der Waals surface area contributed by atoms with E-state index in [1.807, 2.05) is 18.3 Å². The first kappa shape index (κ1) is 8.75. The van der Waals surface area contributed by atoms with Crippen molar-refractivity contribution >= 4 is 11.3 Å². The van der Waals surface area contributed by atoms with Gasteiger partial charge in [-0.05, 0) is 25.5 Å². The highest BCUT2D eigenvalue weighted by Crippen LogP contribution is 2.22. The molecule has 0 bridgehead atoms. The van der Waals surface area contributed by atoms with Crippen molar-refractivity contribution in [2.24, 2.45) is 5.73 Å². The van der Waals surface area contributed by atoms with Crippen LogP contribution in [0.25, 0.3) is 0 Å². The largest absolute Gasteiger partial charge is 0.324 e. The summed E-state index contributed by atoms with van der Waals surface area (Å²) in [6.07, 6.45) is 2.41. The molecule has 0 aliphatic heterocycles. The molecule has 0 saturated heterocycles. The fourth-order valence-electron chi connectivity index (χ4n) is 1.02. The number of thiophene rings is 1. The van der Waals surface area contributed by atoms with E-state index in [-0.39, 0.29) is 6.04 Å². The third-order valence-electron chi connectivity index (χ3n) is 1.63. The van der Waals surface area contributed by atoms with Gasteiger partial charge in [-0.1, -0.05) is 13.3 Å². The van der Waals surface area contributed by atoms with Gasteiger partial charge in [-0.3, -0.25) is 0 Å². The average Bonchev–Trinajstić information content (AvgIpc) is 2.37. The van der Waals surface area contributed by atoms with Crippen LogP contribution in [-0.2, 0) is 6.42 Å². The molecule has 0 amide bonds. The van der Waals surface area contributed by atoms with E-state index in [9.17, 15) is 0 Å². The van der Waals surface area contributed by atoms with Crippen molar-refractivity contribution in [3.05, 3.63) is 21.9 Å². The summed E-state index contributed by atoms with van der Waals surface area (Å²) in [7, 11) is 0. The van der Waals surface area contributed by atoms with Gasteiger partial charge in [0.1, 0.15) is 0 Å². The highest BCUT2D eigenvalue weighted by atomic mass is 32.1. The lowest BCUT2D eigenvalue weighted by Gasteiger charge is -1.97. The van der Waals surface area contributed by atoms with E-state index in [0.29, 0.717) is 0 Å². The maximum Gasteiger partial charge on any atom is 0.0361 e. The van der Waals surface area contributed by atoms with E-state index in [1.165, 1.54) is 22.6 Å². The van der Waals surface area contributed by atoms with Gasteiger partial charge in [0.2, 0.25) is 0 Å². The molecule has 0 aromatic carbocycles. The van der Waals surface area contributed by atoms with Crippen molar-refractivity contribution < 1.29 is 0 Å². The predicted molar refractivity (Wildman–Crippen MR) is 50.9 cm³/mol. The predicted octanol–water partition coefficient (Wildman–Crippen LogP) is 2.72. The fraction of sp³-hybridized carbons (Fsp3) is 0.556. The minimum Gasteiger partial charge on any atom is -0.324 e. The minimum absolute atomic E-state index is 0.200. The minimum atomic E-state index is 0.200. The molecule has 0 aliphatic carbocycles. The van der Waals surface area contributed by atoms with Gasteiger partial charge >= 0.3 is 0 Å². The van der Waals surface area contributed by atoms with Crippen LogP contribution in [0, 0.1) is 0 Å². The summed E-state index contributed by atoms with van der Waals surface area (Å²) in [6, 6.07) is 4.53. The van der Waals surface area contributed by atoms with Crippen LogP contribution in [0.15, 0.2) is 12.1 Å². The van der Waals surface area contributed by atoms with Crippen LogP contribution in [0.2, 0.25) is 0 Å². The van der Waals surface area contributed by atoms with E-state index < -0.39 is 0 Å². The highest BCUT2D eigenvalue weighted by molar-refractivity contribution is 7.12. The topological polar surface area (TPSA) is 26.0 Å². The van der Waals surface area contributed by atoms with Crippen LogP contribution < -0.4 is 5.73 Å². The first-order valence-electron chi connectivity index (χ1n) is 4.08. The molecule has 1 atom stereocenters. The molecular weight excluding hydrogens is 154 g/mol. The molecule has 0 aliphatic rings. The first-order chi connectivity index (χ1) is 5.24. The molecule has 0 radical (unpaired) electrons. The van der Waals surface area contributed by atoms with E-state index in [4.69, 9.17) is 5.73 Å². The Morgan fingerprint density at radius 2 is 2.27 bits per heavy atom. The summed E-state index contributed by atoms with van der Waals surface area (Å²) in [4.78, 5) is 2.76. The van der Waals surface area contributed by atoms with Gasteiger partial charge in [0, 0.05) is 15.8 Å². The maximum atomic E-state index is 5.73. The van der Waals surface area contributed by atoms with Crippen molar-refractivity contribution in [2.75, 3.05) is 0 Å². The molecule has 11 heavy (non-hydrogen) atoms. The molecule has 2 N–H and O–H groups in total. The Kier molecular flexibility index (Phi) is 3.09. The van der Waals surface area contributed by atoms with Gasteiger partial charge < -0.3 is 5.73 Å². The third-order valence-corrected chi connectivity index (χ3v) is 2.97. The Balaban J connectivity index is 2.66. The fourth-order valence-corrected chi connectivity index (χ4v) is 2.09. The van der Waals surface area contributed by atoms with Crippen LogP contribution in [0.3, 0.4) is 0 Å². The van der Waals surface area contributed by atoms with E-state index >= 15 is 0 Å². The van der Waals surface area contributed by atoms with Crippen molar-refractivity contribution in [1.82, 2.24) is 0 Å². The van der Waals surface area contributed by atoms with Crippen molar-refractivity contribution in [1.29, 1.82) is 0 Å². The van der Waals surface area contributed by atoms with Gasteiger partial charge in [0.05, 0.1) is 0 Å².